The first-order chi connectivity index (χ1) is 4.46. The van der Waals surface area contributed by atoms with Crippen LogP contribution >= 0.6 is 0 Å². The van der Waals surface area contributed by atoms with E-state index in [4.69, 9.17) is 33.5 Å². The fraction of sp³-hybridized carbons (Fsp3) is 0. The summed E-state index contributed by atoms with van der Waals surface area (Å²) in [5.41, 5.74) is 0. The van der Waals surface area contributed by atoms with Gasteiger partial charge in [-0.1, -0.05) is 0 Å². The summed E-state index contributed by atoms with van der Waals surface area (Å²) in [7, 11) is 0. The predicted molar refractivity (Wildman–Crippen MR) is 19.4 cm³/mol. The molecule has 10 heavy (non-hydrogen) atoms. The Labute approximate surface area is 70.3 Å². The first-order valence-electron chi connectivity index (χ1n) is 1.33. The van der Waals surface area contributed by atoms with Crippen LogP contribution in [0.2, 0.25) is 0 Å². The molecule has 0 rings (SSSR count). The molecular formula is H3N2O7Zr-. The van der Waals surface area contributed by atoms with Crippen LogP contribution < -0.4 is 0 Å². The maximum atomic E-state index is 8.36. The fourth-order valence-electron chi connectivity index (χ4n) is 0. The van der Waals surface area contributed by atoms with Crippen molar-refractivity contribution in [1.29, 1.82) is 0 Å². The van der Waals surface area contributed by atoms with Crippen molar-refractivity contribution in [2.24, 2.45) is 0 Å². The minimum atomic E-state index is -1.50. The average molecular weight is 234 g/mol. The molecule has 0 spiro atoms. The third-order valence-corrected chi connectivity index (χ3v) is 0. The Morgan fingerprint density at radius 2 is 1.10 bits per heavy atom. The number of rotatable bonds is 0. The van der Waals surface area contributed by atoms with Crippen LogP contribution in [0.1, 0.15) is 1.43 Å². The molecule has 2 N–H and O–H groups in total. The van der Waals surface area contributed by atoms with Crippen LogP contribution in [-0.4, -0.2) is 20.6 Å². The molecule has 0 saturated carbocycles. The van der Waals surface area contributed by atoms with Crippen molar-refractivity contribution in [1.82, 2.24) is 0 Å². The molecule has 0 aromatic rings. The van der Waals surface area contributed by atoms with E-state index in [1.54, 1.807) is 0 Å². The molecule has 0 aliphatic heterocycles. The molecule has 0 amide bonds. The van der Waals surface area contributed by atoms with Crippen LogP contribution in [0.25, 0.3) is 0 Å². The van der Waals surface area contributed by atoms with Crippen LogP contribution in [0.15, 0.2) is 0 Å². The van der Waals surface area contributed by atoms with Crippen LogP contribution in [0, 0.1) is 20.2 Å². The van der Waals surface area contributed by atoms with Crippen molar-refractivity contribution in [3.05, 3.63) is 20.2 Å². The Morgan fingerprint density at radius 1 is 1.10 bits per heavy atom. The van der Waals surface area contributed by atoms with Gasteiger partial charge in [0.05, 0.1) is 0 Å². The van der Waals surface area contributed by atoms with Gasteiger partial charge < -0.3 is 11.8 Å². The van der Waals surface area contributed by atoms with E-state index < -0.39 is 10.2 Å². The molecule has 0 aliphatic rings. The van der Waals surface area contributed by atoms with Gasteiger partial charge in [-0.2, -0.15) is 0 Å². The molecule has 0 aromatic heterocycles. The van der Waals surface area contributed by atoms with Gasteiger partial charge in [0.2, 0.25) is 0 Å². The summed E-state index contributed by atoms with van der Waals surface area (Å²) in [6.07, 6.45) is 0. The number of hydrogen-bond acceptors (Lipinski definition) is 5. The van der Waals surface area contributed by atoms with Gasteiger partial charge in [0.1, 0.15) is 0 Å². The Hall–Kier alpha value is -0.917. The van der Waals surface area contributed by atoms with Crippen LogP contribution in [-0.2, 0) is 27.5 Å². The molecule has 0 bridgehead atoms. The van der Waals surface area contributed by atoms with Gasteiger partial charge in [0, 0.05) is 0 Å². The van der Waals surface area contributed by atoms with Gasteiger partial charge in [-0.05, 0) is 0 Å². The van der Waals surface area contributed by atoms with E-state index in [1.807, 2.05) is 0 Å². The monoisotopic (exact) mass is 233 g/mol. The van der Waals surface area contributed by atoms with Gasteiger partial charge >= 0.3 is 27.5 Å². The van der Waals surface area contributed by atoms with Gasteiger partial charge in [-0.25, -0.2) is 0 Å². The van der Waals surface area contributed by atoms with Crippen molar-refractivity contribution in [2.45, 2.75) is 0 Å². The molecule has 0 saturated heterocycles. The van der Waals surface area contributed by atoms with Crippen molar-refractivity contribution in [3.63, 3.8) is 0 Å². The van der Waals surface area contributed by atoms with Crippen molar-refractivity contribution < 1.29 is 49.6 Å². The van der Waals surface area contributed by atoms with Gasteiger partial charge in [0.15, 0.2) is 0 Å². The molecule has 0 unspecified atom stereocenters. The molecule has 0 aliphatic carbocycles. The zero-order valence-corrected chi connectivity index (χ0v) is 6.79. The average Bonchev–Trinajstić information content (AvgIpc) is 1.66. The van der Waals surface area contributed by atoms with Gasteiger partial charge in [-0.15, -0.1) is 20.2 Å². The van der Waals surface area contributed by atoms with E-state index in [2.05, 4.69) is 0 Å². The summed E-state index contributed by atoms with van der Waals surface area (Å²) in [5, 5.41) is 27.3. The fourth-order valence-corrected chi connectivity index (χ4v) is 0. The molecular weight excluding hydrogens is 231 g/mol. The molecule has 9 nitrogen and oxygen atoms in total. The summed E-state index contributed by atoms with van der Waals surface area (Å²) in [5.74, 6) is 0. The Balaban J connectivity index is -0.0000000339. The standard InChI is InChI=1S/2HNO3.O.Zr.H/c2*2-1(3)4;;;/h2*(H,2,3,4);;;/q;;;;-1. The first-order valence-corrected chi connectivity index (χ1v) is 2.34. The van der Waals surface area contributed by atoms with Crippen molar-refractivity contribution in [3.8, 4) is 0 Å². The van der Waals surface area contributed by atoms with E-state index in [9.17, 15) is 0 Å². The number of hydrogen-bond donors (Lipinski definition) is 2. The second kappa shape index (κ2) is 15.7. The van der Waals surface area contributed by atoms with Crippen molar-refractivity contribution >= 4 is 0 Å². The Kier molecular flexibility index (Phi) is 25.2. The summed E-state index contributed by atoms with van der Waals surface area (Å²) >= 11 is 0.300. The minimum absolute atomic E-state index is 0. The molecule has 0 atom stereocenters. The molecule has 10 heteroatoms. The summed E-state index contributed by atoms with van der Waals surface area (Å²) in [6, 6.07) is 0. The predicted octanol–water partition coefficient (Wildman–Crippen LogP) is -0.704. The van der Waals surface area contributed by atoms with Gasteiger partial charge in [0.25, 0.3) is 10.2 Å². The Morgan fingerprint density at radius 3 is 1.10 bits per heavy atom. The summed E-state index contributed by atoms with van der Waals surface area (Å²) in [6.45, 7) is 0. The molecule has 0 aromatic carbocycles. The second-order valence-electron chi connectivity index (χ2n) is 0.476. The third kappa shape index (κ3) is 312. The van der Waals surface area contributed by atoms with Gasteiger partial charge in [-0.3, -0.25) is 0 Å². The maximum absolute atomic E-state index is 8.36. The first kappa shape index (κ1) is 16.0. The molecule has 0 radical (unpaired) electrons. The zero-order valence-electron chi connectivity index (χ0n) is 5.33. The quantitative estimate of drug-likeness (QED) is 0.416. The summed E-state index contributed by atoms with van der Waals surface area (Å²) < 4.78 is 8.34. The van der Waals surface area contributed by atoms with E-state index >= 15 is 0 Å². The molecule has 0 fully saturated rings. The summed E-state index contributed by atoms with van der Waals surface area (Å²) in [4.78, 5) is 16.7. The van der Waals surface area contributed by atoms with E-state index in [0.717, 1.165) is 0 Å². The second-order valence-corrected chi connectivity index (χ2v) is 0.476. The van der Waals surface area contributed by atoms with E-state index in [-0.39, 0.29) is 1.43 Å². The SMILES string of the molecule is O=[N+]([O-])O.O=[N+]([O-])O.[H-].[O]=[Zr]. The molecule has 0 heterocycles. The number of nitrogens with zero attached hydrogens (tertiary/aromatic N) is 2. The third-order valence-electron chi connectivity index (χ3n) is 0. The zero-order chi connectivity index (χ0) is 9.15. The van der Waals surface area contributed by atoms with Crippen molar-refractivity contribution in [2.75, 3.05) is 0 Å². The Bertz CT molecular complexity index is 84.6. The topological polar surface area (TPSA) is 144 Å². The van der Waals surface area contributed by atoms with E-state index in [1.165, 1.54) is 0 Å². The van der Waals surface area contributed by atoms with Crippen LogP contribution in [0.3, 0.4) is 0 Å². The van der Waals surface area contributed by atoms with Crippen LogP contribution in [0.5, 0.6) is 0 Å². The van der Waals surface area contributed by atoms with E-state index in [0.29, 0.717) is 24.7 Å². The normalized spacial score (nSPS) is 5.10. The molecule has 60 valence electrons. The van der Waals surface area contributed by atoms with Crippen LogP contribution in [0.4, 0.5) is 0 Å².